The number of ether oxygens (including phenoxy) is 1. The van der Waals surface area contributed by atoms with Crippen molar-refractivity contribution in [3.63, 3.8) is 0 Å². The van der Waals surface area contributed by atoms with E-state index in [-0.39, 0.29) is 35.2 Å². The second-order valence-electron chi connectivity index (χ2n) is 9.56. The molecule has 0 amide bonds. The Morgan fingerprint density at radius 1 is 0.892 bits per heavy atom. The number of alkyl halides is 3. The maximum atomic E-state index is 14.1. The number of nitrogens with one attached hydrogen (secondary N) is 2. The quantitative estimate of drug-likeness (QED) is 0.228. The van der Waals surface area contributed by atoms with Crippen LogP contribution in [0, 0.1) is 23.0 Å². The van der Waals surface area contributed by atoms with Gasteiger partial charge < -0.3 is 15.0 Å². The number of benzene rings is 3. The fraction of sp³-hybridized carbons (Fsp3) is 0.321. The Balaban J connectivity index is 1.37. The van der Waals surface area contributed by atoms with Crippen LogP contribution < -0.4 is 10.1 Å². The second kappa shape index (κ2) is 10.0. The average molecular weight is 516 g/mol. The molecule has 2 aliphatic rings. The number of guanidine groups is 1. The molecule has 1 aliphatic heterocycles. The molecule has 1 saturated heterocycles. The van der Waals surface area contributed by atoms with Crippen molar-refractivity contribution in [2.75, 3.05) is 18.4 Å². The SMILES string of the molecule is N=C(Nc1ccc(OC(F)(F)F)cc1)N1CCCC(C2c3ccc(F)cc3CCc3cc(F)ccc32)C1. The Kier molecular flexibility index (Phi) is 6.79. The lowest BCUT2D eigenvalue weighted by Crippen LogP contribution is -2.44. The van der Waals surface area contributed by atoms with Gasteiger partial charge in [0.25, 0.3) is 0 Å². The summed E-state index contributed by atoms with van der Waals surface area (Å²) in [7, 11) is 0. The lowest BCUT2D eigenvalue weighted by atomic mass is 9.75. The molecule has 0 spiro atoms. The van der Waals surface area contributed by atoms with Gasteiger partial charge >= 0.3 is 6.36 Å². The van der Waals surface area contributed by atoms with Gasteiger partial charge in [-0.05, 0) is 102 Å². The first kappa shape index (κ1) is 25.0. The maximum Gasteiger partial charge on any atom is 0.573 e. The maximum absolute atomic E-state index is 14.1. The third-order valence-corrected chi connectivity index (χ3v) is 7.14. The fourth-order valence-electron chi connectivity index (χ4n) is 5.57. The molecular formula is C28H26F5N3O. The van der Waals surface area contributed by atoms with Crippen LogP contribution in [0.15, 0.2) is 60.7 Å². The predicted molar refractivity (Wildman–Crippen MR) is 131 cm³/mol. The van der Waals surface area contributed by atoms with Gasteiger partial charge in [0.05, 0.1) is 0 Å². The van der Waals surface area contributed by atoms with Crippen LogP contribution in [0.4, 0.5) is 27.6 Å². The minimum atomic E-state index is -4.77. The van der Waals surface area contributed by atoms with Crippen LogP contribution in [0.5, 0.6) is 5.75 Å². The van der Waals surface area contributed by atoms with Crippen molar-refractivity contribution < 1.29 is 26.7 Å². The summed E-state index contributed by atoms with van der Waals surface area (Å²) in [6.45, 7) is 1.20. The van der Waals surface area contributed by atoms with Crippen molar-refractivity contribution >= 4 is 11.6 Å². The van der Waals surface area contributed by atoms with Crippen LogP contribution in [0.1, 0.15) is 41.0 Å². The lowest BCUT2D eigenvalue weighted by molar-refractivity contribution is -0.274. The molecule has 1 heterocycles. The highest BCUT2D eigenvalue weighted by Crippen LogP contribution is 2.43. The molecule has 1 unspecified atom stereocenters. The van der Waals surface area contributed by atoms with E-state index >= 15 is 0 Å². The number of anilines is 1. The Morgan fingerprint density at radius 3 is 2.05 bits per heavy atom. The first-order valence-electron chi connectivity index (χ1n) is 12.2. The summed E-state index contributed by atoms with van der Waals surface area (Å²) in [5.74, 6) is -0.745. The number of nitrogens with zero attached hydrogens (tertiary/aromatic N) is 1. The van der Waals surface area contributed by atoms with Gasteiger partial charge in [-0.1, -0.05) is 12.1 Å². The van der Waals surface area contributed by atoms with Gasteiger partial charge in [-0.3, -0.25) is 5.41 Å². The third kappa shape index (κ3) is 5.70. The molecule has 1 aliphatic carbocycles. The highest BCUT2D eigenvalue weighted by molar-refractivity contribution is 5.91. The van der Waals surface area contributed by atoms with Crippen LogP contribution in [0.25, 0.3) is 0 Å². The molecule has 37 heavy (non-hydrogen) atoms. The largest absolute Gasteiger partial charge is 0.573 e. The predicted octanol–water partition coefficient (Wildman–Crippen LogP) is 6.85. The molecule has 0 radical (unpaired) electrons. The normalized spacial score (nSPS) is 18.0. The van der Waals surface area contributed by atoms with Crippen molar-refractivity contribution in [2.24, 2.45) is 5.92 Å². The molecule has 194 valence electrons. The van der Waals surface area contributed by atoms with Crippen molar-refractivity contribution in [1.82, 2.24) is 4.90 Å². The van der Waals surface area contributed by atoms with E-state index in [1.165, 1.54) is 36.4 Å². The molecule has 0 saturated carbocycles. The number of hydrogen-bond acceptors (Lipinski definition) is 2. The van der Waals surface area contributed by atoms with Crippen molar-refractivity contribution in [1.29, 1.82) is 5.41 Å². The smallest absolute Gasteiger partial charge is 0.406 e. The summed E-state index contributed by atoms with van der Waals surface area (Å²) < 4.78 is 69.4. The summed E-state index contributed by atoms with van der Waals surface area (Å²) in [6, 6.07) is 15.0. The number of aryl methyl sites for hydroxylation is 2. The van der Waals surface area contributed by atoms with Gasteiger partial charge in [-0.25, -0.2) is 8.78 Å². The van der Waals surface area contributed by atoms with Gasteiger partial charge in [0.1, 0.15) is 17.4 Å². The lowest BCUT2D eigenvalue weighted by Gasteiger charge is -2.39. The minimum absolute atomic E-state index is 0.0666. The highest BCUT2D eigenvalue weighted by Gasteiger charge is 2.35. The number of halogens is 5. The van der Waals surface area contributed by atoms with Crippen LogP contribution in [0.3, 0.4) is 0 Å². The van der Waals surface area contributed by atoms with E-state index in [1.807, 2.05) is 17.0 Å². The molecule has 1 atom stereocenters. The zero-order valence-corrected chi connectivity index (χ0v) is 19.9. The number of rotatable bonds is 3. The van der Waals surface area contributed by atoms with E-state index in [4.69, 9.17) is 5.41 Å². The van der Waals surface area contributed by atoms with Gasteiger partial charge in [0.15, 0.2) is 5.96 Å². The fourth-order valence-corrected chi connectivity index (χ4v) is 5.57. The Bertz CT molecular complexity index is 1240. The van der Waals surface area contributed by atoms with Crippen LogP contribution in [-0.2, 0) is 12.8 Å². The minimum Gasteiger partial charge on any atom is -0.406 e. The monoisotopic (exact) mass is 515 g/mol. The summed E-state index contributed by atoms with van der Waals surface area (Å²) in [5, 5.41) is 11.6. The molecule has 9 heteroatoms. The third-order valence-electron chi connectivity index (χ3n) is 7.14. The van der Waals surface area contributed by atoms with Crippen LogP contribution in [-0.4, -0.2) is 30.3 Å². The van der Waals surface area contributed by atoms with Crippen LogP contribution >= 0.6 is 0 Å². The van der Waals surface area contributed by atoms with E-state index < -0.39 is 6.36 Å². The topological polar surface area (TPSA) is 48.4 Å². The summed E-state index contributed by atoms with van der Waals surface area (Å²) in [4.78, 5) is 1.91. The van der Waals surface area contributed by atoms with Gasteiger partial charge in [-0.2, -0.15) is 0 Å². The zero-order valence-electron chi connectivity index (χ0n) is 19.9. The van der Waals surface area contributed by atoms with E-state index in [0.29, 0.717) is 31.6 Å². The zero-order chi connectivity index (χ0) is 26.2. The van der Waals surface area contributed by atoms with Crippen molar-refractivity contribution in [2.45, 2.75) is 38.0 Å². The van der Waals surface area contributed by atoms with Gasteiger partial charge in [-0.15, -0.1) is 13.2 Å². The molecule has 0 aromatic heterocycles. The van der Waals surface area contributed by atoms with E-state index in [1.54, 1.807) is 12.1 Å². The average Bonchev–Trinajstić information content (AvgIpc) is 3.00. The van der Waals surface area contributed by atoms with Crippen molar-refractivity contribution in [3.8, 4) is 5.75 Å². The van der Waals surface area contributed by atoms with Gasteiger partial charge in [0.2, 0.25) is 0 Å². The first-order valence-corrected chi connectivity index (χ1v) is 12.2. The molecule has 2 N–H and O–H groups in total. The molecule has 3 aromatic rings. The number of hydrogen-bond donors (Lipinski definition) is 2. The standard InChI is InChI=1S/C28H26F5N3O/c29-20-5-11-24-17(14-20)3-4-18-15-21(30)6-12-25(18)26(24)19-2-1-13-36(16-19)27(34)35-22-7-9-23(10-8-22)37-28(31,32)33/h5-12,14-15,19,26H,1-4,13,16H2,(H2,34,35). The summed E-state index contributed by atoms with van der Waals surface area (Å²) in [5.41, 5.74) is 4.40. The number of likely N-dealkylation sites (tertiary alicyclic amines) is 1. The molecule has 0 bridgehead atoms. The second-order valence-corrected chi connectivity index (χ2v) is 9.56. The van der Waals surface area contributed by atoms with Crippen LogP contribution in [0.2, 0.25) is 0 Å². The van der Waals surface area contributed by atoms with Gasteiger partial charge in [0, 0.05) is 24.7 Å². The molecule has 4 nitrogen and oxygen atoms in total. The Morgan fingerprint density at radius 2 is 1.49 bits per heavy atom. The number of fused-ring (bicyclic) bond motifs is 2. The van der Waals surface area contributed by atoms with E-state index in [0.717, 1.165) is 35.1 Å². The Hall–Kier alpha value is -3.62. The molecule has 3 aromatic carbocycles. The van der Waals surface area contributed by atoms with Crippen molar-refractivity contribution in [3.05, 3.63) is 94.6 Å². The Labute approximate surface area is 211 Å². The molecule has 5 rings (SSSR count). The first-order chi connectivity index (χ1) is 17.7. The number of piperidine rings is 1. The van der Waals surface area contributed by atoms with E-state index in [9.17, 15) is 22.0 Å². The molecular weight excluding hydrogens is 489 g/mol. The molecule has 1 fully saturated rings. The highest BCUT2D eigenvalue weighted by atomic mass is 19.4. The summed E-state index contributed by atoms with van der Waals surface area (Å²) >= 11 is 0. The van der Waals surface area contributed by atoms with E-state index in [2.05, 4.69) is 10.1 Å². The summed E-state index contributed by atoms with van der Waals surface area (Å²) in [6.07, 6.45) is -1.79.